The molecule has 1 rings (SSSR count). The van der Waals surface area contributed by atoms with Crippen molar-refractivity contribution >= 4 is 23.7 Å². The molecule has 0 unspecified atom stereocenters. The first kappa shape index (κ1) is 7.22. The Labute approximate surface area is 64.0 Å². The van der Waals surface area contributed by atoms with Gasteiger partial charge in [0, 0.05) is 4.88 Å². The lowest BCUT2D eigenvalue weighted by atomic mass is 10.4. The number of aldehydes is 1. The maximum Gasteiger partial charge on any atom is 0.160 e. The van der Waals surface area contributed by atoms with Crippen LogP contribution in [0.15, 0.2) is 18.2 Å². The van der Waals surface area contributed by atoms with Crippen molar-refractivity contribution in [3.05, 3.63) is 28.0 Å². The quantitative estimate of drug-likeness (QED) is 0.595. The zero-order chi connectivity index (χ0) is 7.40. The van der Waals surface area contributed by atoms with Crippen LogP contribution >= 0.6 is 11.3 Å². The molecule has 0 radical (unpaired) electrons. The van der Waals surface area contributed by atoms with Gasteiger partial charge in [-0.25, -0.2) is 0 Å². The molecule has 0 spiro atoms. The number of hydrogen-bond donors (Lipinski definition) is 0. The summed E-state index contributed by atoms with van der Waals surface area (Å²) in [6.45, 7) is 1.96. The van der Waals surface area contributed by atoms with Crippen molar-refractivity contribution in [1.82, 2.24) is 0 Å². The summed E-state index contributed by atoms with van der Waals surface area (Å²) in [7, 11) is 0. The molecule has 0 aliphatic carbocycles. The molecule has 52 valence electrons. The minimum Gasteiger partial charge on any atom is -0.297 e. The number of rotatable bonds is 2. The Morgan fingerprint density at radius 2 is 2.10 bits per heavy atom. The number of carbonyl (C=O) groups is 1. The third-order valence-corrected chi connectivity index (χ3v) is 2.07. The Balaban J connectivity index is 2.87. The van der Waals surface area contributed by atoms with Crippen LogP contribution in [0.5, 0.6) is 0 Å². The van der Waals surface area contributed by atoms with Gasteiger partial charge in [0.25, 0.3) is 0 Å². The fourth-order valence-corrected chi connectivity index (χ4v) is 1.48. The summed E-state index contributed by atoms with van der Waals surface area (Å²) in [4.78, 5) is 12.1. The van der Waals surface area contributed by atoms with Gasteiger partial charge in [-0.1, -0.05) is 6.08 Å². The van der Waals surface area contributed by atoms with Crippen molar-refractivity contribution in [3.8, 4) is 0 Å². The fraction of sp³-hybridized carbons (Fsp3) is 0.125. The molecular formula is C8H8OS. The normalized spacial score (nSPS) is 10.5. The Bertz CT molecular complexity index is 248. The van der Waals surface area contributed by atoms with E-state index in [4.69, 9.17) is 0 Å². The minimum absolute atomic E-state index is 0.785. The third-order valence-electron chi connectivity index (χ3n) is 1.09. The number of hydrogen-bond acceptors (Lipinski definition) is 2. The van der Waals surface area contributed by atoms with Crippen molar-refractivity contribution in [3.63, 3.8) is 0 Å². The van der Waals surface area contributed by atoms with Crippen LogP contribution in [-0.4, -0.2) is 6.29 Å². The molecule has 0 aromatic carbocycles. The Hall–Kier alpha value is -0.890. The van der Waals surface area contributed by atoms with Gasteiger partial charge in [0.05, 0.1) is 4.88 Å². The second kappa shape index (κ2) is 3.32. The predicted molar refractivity (Wildman–Crippen MR) is 44.4 cm³/mol. The molecule has 1 nitrogen and oxygen atoms in total. The highest BCUT2D eigenvalue weighted by atomic mass is 32.1. The van der Waals surface area contributed by atoms with Crippen LogP contribution in [0, 0.1) is 0 Å². The molecule has 0 fully saturated rings. The summed E-state index contributed by atoms with van der Waals surface area (Å²) >= 11 is 1.50. The minimum atomic E-state index is 0.785. The Morgan fingerprint density at radius 1 is 1.40 bits per heavy atom. The van der Waals surface area contributed by atoms with Gasteiger partial charge >= 0.3 is 0 Å². The number of carbonyl (C=O) groups excluding carboxylic acids is 1. The van der Waals surface area contributed by atoms with Crippen LogP contribution in [0.3, 0.4) is 0 Å². The van der Waals surface area contributed by atoms with E-state index in [1.165, 1.54) is 11.3 Å². The van der Waals surface area contributed by atoms with E-state index in [2.05, 4.69) is 0 Å². The summed E-state index contributed by atoms with van der Waals surface area (Å²) in [5.74, 6) is 0. The van der Waals surface area contributed by atoms with E-state index in [0.717, 1.165) is 16.0 Å². The molecule has 0 aliphatic rings. The van der Waals surface area contributed by atoms with Gasteiger partial charge in [-0.15, -0.1) is 11.3 Å². The molecule has 0 aliphatic heterocycles. The van der Waals surface area contributed by atoms with E-state index < -0.39 is 0 Å². The van der Waals surface area contributed by atoms with Gasteiger partial charge in [0.2, 0.25) is 0 Å². The van der Waals surface area contributed by atoms with Gasteiger partial charge in [0.15, 0.2) is 6.29 Å². The van der Waals surface area contributed by atoms with Crippen LogP contribution in [0.4, 0.5) is 0 Å². The van der Waals surface area contributed by atoms with Crippen molar-refractivity contribution in [1.29, 1.82) is 0 Å². The van der Waals surface area contributed by atoms with Crippen LogP contribution < -0.4 is 0 Å². The lowest BCUT2D eigenvalue weighted by molar-refractivity contribution is 0.112. The first-order chi connectivity index (χ1) is 4.86. The highest BCUT2D eigenvalue weighted by molar-refractivity contribution is 7.14. The molecule has 2 heteroatoms. The van der Waals surface area contributed by atoms with Gasteiger partial charge in [-0.3, -0.25) is 4.79 Å². The van der Waals surface area contributed by atoms with Gasteiger partial charge in [0.1, 0.15) is 0 Å². The van der Waals surface area contributed by atoms with Crippen LogP contribution in [0.1, 0.15) is 21.5 Å². The van der Waals surface area contributed by atoms with E-state index >= 15 is 0 Å². The van der Waals surface area contributed by atoms with E-state index in [1.54, 1.807) is 0 Å². The summed E-state index contributed by atoms with van der Waals surface area (Å²) in [6, 6.07) is 3.77. The first-order valence-electron chi connectivity index (χ1n) is 3.04. The molecule has 0 atom stereocenters. The Kier molecular flexibility index (Phi) is 2.40. The lowest BCUT2D eigenvalue weighted by Gasteiger charge is -1.77. The van der Waals surface area contributed by atoms with E-state index in [9.17, 15) is 4.79 Å². The topological polar surface area (TPSA) is 17.1 Å². The lowest BCUT2D eigenvalue weighted by Crippen LogP contribution is -1.61. The highest BCUT2D eigenvalue weighted by Crippen LogP contribution is 2.15. The zero-order valence-electron chi connectivity index (χ0n) is 5.70. The second-order valence-corrected chi connectivity index (χ2v) is 3.00. The van der Waals surface area contributed by atoms with Crippen LogP contribution in [-0.2, 0) is 0 Å². The van der Waals surface area contributed by atoms with Gasteiger partial charge in [-0.05, 0) is 25.1 Å². The van der Waals surface area contributed by atoms with Crippen LogP contribution in [0.2, 0.25) is 0 Å². The zero-order valence-corrected chi connectivity index (χ0v) is 6.52. The van der Waals surface area contributed by atoms with Gasteiger partial charge < -0.3 is 0 Å². The Morgan fingerprint density at radius 3 is 2.60 bits per heavy atom. The maximum absolute atomic E-state index is 10.2. The molecule has 1 aromatic rings. The molecule has 1 aromatic heterocycles. The smallest absolute Gasteiger partial charge is 0.160 e. The predicted octanol–water partition coefficient (Wildman–Crippen LogP) is 2.59. The van der Waals surface area contributed by atoms with E-state index in [1.807, 2.05) is 31.2 Å². The largest absolute Gasteiger partial charge is 0.297 e. The molecule has 1 heterocycles. The summed E-state index contributed by atoms with van der Waals surface area (Å²) in [6.07, 6.45) is 4.82. The monoisotopic (exact) mass is 152 g/mol. The molecule has 10 heavy (non-hydrogen) atoms. The standard InChI is InChI=1S/C8H8OS/c1-2-3-7-4-5-8(6-9)10-7/h2-6H,1H3/b3-2+. The SMILES string of the molecule is C/C=C/c1ccc(C=O)s1. The van der Waals surface area contributed by atoms with Crippen molar-refractivity contribution in [2.75, 3.05) is 0 Å². The fourth-order valence-electron chi connectivity index (χ4n) is 0.686. The summed E-state index contributed by atoms with van der Waals surface area (Å²) < 4.78 is 0. The average molecular weight is 152 g/mol. The maximum atomic E-state index is 10.2. The van der Waals surface area contributed by atoms with Crippen molar-refractivity contribution in [2.45, 2.75) is 6.92 Å². The number of allylic oxidation sites excluding steroid dienone is 1. The molecule has 0 N–H and O–H groups in total. The molecule has 0 saturated carbocycles. The summed E-state index contributed by atoms with van der Waals surface area (Å²) in [5, 5.41) is 0. The van der Waals surface area contributed by atoms with Crippen LogP contribution in [0.25, 0.3) is 6.08 Å². The van der Waals surface area contributed by atoms with Gasteiger partial charge in [-0.2, -0.15) is 0 Å². The third kappa shape index (κ3) is 1.54. The number of thiophene rings is 1. The average Bonchev–Trinajstić information content (AvgIpc) is 2.37. The van der Waals surface area contributed by atoms with Crippen molar-refractivity contribution < 1.29 is 4.79 Å². The molecular weight excluding hydrogens is 144 g/mol. The van der Waals surface area contributed by atoms with E-state index in [-0.39, 0.29) is 0 Å². The summed E-state index contributed by atoms with van der Waals surface area (Å²) in [5.41, 5.74) is 0. The molecule has 0 amide bonds. The van der Waals surface area contributed by atoms with E-state index in [0.29, 0.717) is 0 Å². The highest BCUT2D eigenvalue weighted by Gasteiger charge is 1.92. The van der Waals surface area contributed by atoms with Crippen molar-refractivity contribution in [2.24, 2.45) is 0 Å². The first-order valence-corrected chi connectivity index (χ1v) is 3.86. The molecule has 0 bridgehead atoms. The molecule has 0 saturated heterocycles. The second-order valence-electron chi connectivity index (χ2n) is 1.86.